The van der Waals surface area contributed by atoms with E-state index in [0.717, 1.165) is 6.07 Å². The molecule has 0 aliphatic carbocycles. The fourth-order valence-corrected chi connectivity index (χ4v) is 3.11. The maximum absolute atomic E-state index is 12.2. The summed E-state index contributed by atoms with van der Waals surface area (Å²) in [5.41, 5.74) is 0.0845. The lowest BCUT2D eigenvalue weighted by molar-refractivity contribution is -0.384. The first kappa shape index (κ1) is 14.0. The number of hydrogen-bond acceptors (Lipinski definition) is 4. The molecule has 1 aromatic carbocycles. The zero-order chi connectivity index (χ0) is 14.0. The Hall–Kier alpha value is -1.47. The van der Waals surface area contributed by atoms with Gasteiger partial charge in [0.05, 0.1) is 15.5 Å². The minimum atomic E-state index is -0.865. The summed E-state index contributed by atoms with van der Waals surface area (Å²) in [5.74, 6) is 0.628. The first-order valence-corrected chi connectivity index (χ1v) is 7.44. The van der Waals surface area contributed by atoms with Gasteiger partial charge in [0.2, 0.25) is 0 Å². The number of carbonyl (C=O) groups excluding carboxylic acids is 1. The Kier molecular flexibility index (Phi) is 4.16. The molecular formula is C11H11ClN2O4S. The average molecular weight is 303 g/mol. The maximum Gasteiger partial charge on any atom is 0.270 e. The molecule has 1 aromatic rings. The summed E-state index contributed by atoms with van der Waals surface area (Å²) in [4.78, 5) is 23.8. The Morgan fingerprint density at radius 2 is 2.00 bits per heavy atom. The lowest BCUT2D eigenvalue weighted by Crippen LogP contribution is -2.41. The molecule has 1 heterocycles. The zero-order valence-corrected chi connectivity index (χ0v) is 11.4. The number of non-ortho nitro benzene ring substituents is 1. The normalized spacial score (nSPS) is 16.4. The number of halogens is 1. The summed E-state index contributed by atoms with van der Waals surface area (Å²) in [7, 11) is -0.865. The highest BCUT2D eigenvalue weighted by Gasteiger charge is 2.23. The number of benzene rings is 1. The monoisotopic (exact) mass is 302 g/mol. The lowest BCUT2D eigenvalue weighted by atomic mass is 10.1. The number of nitro groups is 1. The molecule has 0 atom stereocenters. The number of hydrogen-bond donors (Lipinski definition) is 0. The molecule has 0 unspecified atom stereocenters. The van der Waals surface area contributed by atoms with Gasteiger partial charge >= 0.3 is 0 Å². The SMILES string of the molecule is O=C(c1ccc([N+](=O)[O-])cc1Cl)N1CCS(=O)CC1. The van der Waals surface area contributed by atoms with E-state index in [0.29, 0.717) is 24.6 Å². The quantitative estimate of drug-likeness (QED) is 0.612. The predicted molar refractivity (Wildman–Crippen MR) is 71.9 cm³/mol. The zero-order valence-electron chi connectivity index (χ0n) is 9.87. The van der Waals surface area contributed by atoms with Crippen molar-refractivity contribution in [3.05, 3.63) is 38.9 Å². The van der Waals surface area contributed by atoms with Crippen molar-refractivity contribution in [1.29, 1.82) is 0 Å². The molecule has 0 radical (unpaired) electrons. The van der Waals surface area contributed by atoms with Crippen molar-refractivity contribution >= 4 is 34.0 Å². The van der Waals surface area contributed by atoms with Gasteiger partial charge in [0.1, 0.15) is 0 Å². The van der Waals surface area contributed by atoms with Crippen LogP contribution in [0.1, 0.15) is 10.4 Å². The van der Waals surface area contributed by atoms with Gasteiger partial charge in [0.15, 0.2) is 0 Å². The van der Waals surface area contributed by atoms with Crippen LogP contribution in [0.2, 0.25) is 5.02 Å². The topological polar surface area (TPSA) is 80.5 Å². The van der Waals surface area contributed by atoms with Gasteiger partial charge in [-0.25, -0.2) is 0 Å². The summed E-state index contributed by atoms with van der Waals surface area (Å²) >= 11 is 5.90. The van der Waals surface area contributed by atoms with E-state index < -0.39 is 15.7 Å². The van der Waals surface area contributed by atoms with Gasteiger partial charge < -0.3 is 4.90 Å². The van der Waals surface area contributed by atoms with Gasteiger partial charge in [-0.1, -0.05) is 11.6 Å². The van der Waals surface area contributed by atoms with E-state index in [4.69, 9.17) is 11.6 Å². The number of amides is 1. The minimum absolute atomic E-state index is 0.0610. The summed E-state index contributed by atoms with van der Waals surface area (Å²) in [5, 5.41) is 10.7. The van der Waals surface area contributed by atoms with Gasteiger partial charge in [0, 0.05) is 47.5 Å². The Balaban J connectivity index is 2.19. The first-order chi connectivity index (χ1) is 8.99. The van der Waals surface area contributed by atoms with Crippen molar-refractivity contribution in [1.82, 2.24) is 4.90 Å². The lowest BCUT2D eigenvalue weighted by Gasteiger charge is -2.26. The number of carbonyl (C=O) groups is 1. The Morgan fingerprint density at radius 1 is 1.37 bits per heavy atom. The molecule has 1 aliphatic rings. The van der Waals surface area contributed by atoms with Gasteiger partial charge in [-0.3, -0.25) is 19.1 Å². The van der Waals surface area contributed by atoms with Crippen LogP contribution in [-0.4, -0.2) is 44.5 Å². The summed E-state index contributed by atoms with van der Waals surface area (Å²) < 4.78 is 11.2. The van der Waals surface area contributed by atoms with Crippen LogP contribution in [0.25, 0.3) is 0 Å². The minimum Gasteiger partial charge on any atom is -0.337 e. The van der Waals surface area contributed by atoms with Crippen molar-refractivity contribution in [3.8, 4) is 0 Å². The van der Waals surface area contributed by atoms with E-state index in [2.05, 4.69) is 0 Å². The first-order valence-electron chi connectivity index (χ1n) is 5.57. The van der Waals surface area contributed by atoms with E-state index in [1.807, 2.05) is 0 Å². The van der Waals surface area contributed by atoms with Crippen LogP contribution in [0.4, 0.5) is 5.69 Å². The van der Waals surface area contributed by atoms with Crippen molar-refractivity contribution < 1.29 is 13.9 Å². The van der Waals surface area contributed by atoms with Crippen molar-refractivity contribution in [2.24, 2.45) is 0 Å². The van der Waals surface area contributed by atoms with Crippen LogP contribution in [0.15, 0.2) is 18.2 Å². The van der Waals surface area contributed by atoms with Crippen LogP contribution in [-0.2, 0) is 10.8 Å². The molecule has 0 bridgehead atoms. The second-order valence-electron chi connectivity index (χ2n) is 4.06. The molecule has 6 nitrogen and oxygen atoms in total. The predicted octanol–water partition coefficient (Wildman–Crippen LogP) is 1.45. The molecule has 8 heteroatoms. The Labute approximate surface area is 117 Å². The highest BCUT2D eigenvalue weighted by atomic mass is 35.5. The Bertz CT molecular complexity index is 554. The van der Waals surface area contributed by atoms with Crippen molar-refractivity contribution in [3.63, 3.8) is 0 Å². The molecule has 0 N–H and O–H groups in total. The second-order valence-corrected chi connectivity index (χ2v) is 6.16. The van der Waals surface area contributed by atoms with E-state index in [-0.39, 0.29) is 22.2 Å². The molecule has 0 aromatic heterocycles. The van der Waals surface area contributed by atoms with E-state index in [1.54, 1.807) is 4.90 Å². The smallest absolute Gasteiger partial charge is 0.270 e. The maximum atomic E-state index is 12.2. The number of nitrogens with zero attached hydrogens (tertiary/aromatic N) is 2. The molecule has 1 amide bonds. The van der Waals surface area contributed by atoms with Gasteiger partial charge in [-0.2, -0.15) is 0 Å². The van der Waals surface area contributed by atoms with Gasteiger partial charge in [0.25, 0.3) is 11.6 Å². The van der Waals surface area contributed by atoms with Crippen LogP contribution < -0.4 is 0 Å². The molecule has 1 fully saturated rings. The third-order valence-corrected chi connectivity index (χ3v) is 4.45. The molecule has 2 rings (SSSR count). The fourth-order valence-electron chi connectivity index (χ4n) is 1.80. The largest absolute Gasteiger partial charge is 0.337 e. The van der Waals surface area contributed by atoms with Crippen LogP contribution in [0.5, 0.6) is 0 Å². The van der Waals surface area contributed by atoms with Crippen molar-refractivity contribution in [2.75, 3.05) is 24.6 Å². The van der Waals surface area contributed by atoms with E-state index in [9.17, 15) is 19.1 Å². The average Bonchev–Trinajstić information content (AvgIpc) is 2.38. The third-order valence-electron chi connectivity index (χ3n) is 2.86. The third kappa shape index (κ3) is 3.10. The summed E-state index contributed by atoms with van der Waals surface area (Å²) in [6, 6.07) is 3.77. The highest BCUT2D eigenvalue weighted by Crippen LogP contribution is 2.24. The molecule has 19 heavy (non-hydrogen) atoms. The van der Waals surface area contributed by atoms with Gasteiger partial charge in [-0.15, -0.1) is 0 Å². The number of nitro benzene ring substituents is 1. The summed E-state index contributed by atoms with van der Waals surface area (Å²) in [6.07, 6.45) is 0. The van der Waals surface area contributed by atoms with Crippen molar-refractivity contribution in [2.45, 2.75) is 0 Å². The second kappa shape index (κ2) is 5.66. The molecule has 102 valence electrons. The molecule has 0 saturated carbocycles. The standard InChI is InChI=1S/C11H11ClN2O4S/c12-10-7-8(14(16)17)1-2-9(10)11(15)13-3-5-19(18)6-4-13/h1-2,7H,3-6H2. The van der Waals surface area contributed by atoms with Gasteiger partial charge in [-0.05, 0) is 6.07 Å². The van der Waals surface area contributed by atoms with E-state index in [1.165, 1.54) is 12.1 Å². The molecule has 1 saturated heterocycles. The van der Waals surface area contributed by atoms with E-state index >= 15 is 0 Å². The van der Waals surface area contributed by atoms with Crippen LogP contribution in [0, 0.1) is 10.1 Å². The molecule has 0 spiro atoms. The van der Waals surface area contributed by atoms with Crippen LogP contribution in [0.3, 0.4) is 0 Å². The highest BCUT2D eigenvalue weighted by molar-refractivity contribution is 7.85. The fraction of sp³-hybridized carbons (Fsp3) is 0.364. The number of rotatable bonds is 2. The summed E-state index contributed by atoms with van der Waals surface area (Å²) in [6.45, 7) is 0.831. The van der Waals surface area contributed by atoms with Crippen LogP contribution >= 0.6 is 11.6 Å². The molecular weight excluding hydrogens is 292 g/mol. The Morgan fingerprint density at radius 3 is 2.53 bits per heavy atom. The molecule has 1 aliphatic heterocycles.